The molecule has 0 bridgehead atoms. The van der Waals surface area contributed by atoms with E-state index in [1.165, 1.54) is 0 Å². The lowest BCUT2D eigenvalue weighted by atomic mass is 10.2. The molecule has 1 N–H and O–H groups in total. The highest BCUT2D eigenvalue weighted by molar-refractivity contribution is 5.82. The van der Waals surface area contributed by atoms with Crippen molar-refractivity contribution in [1.29, 1.82) is 0 Å². The van der Waals surface area contributed by atoms with Gasteiger partial charge in [0, 0.05) is 11.9 Å². The van der Waals surface area contributed by atoms with Gasteiger partial charge in [0.1, 0.15) is 18.0 Å². The van der Waals surface area contributed by atoms with Gasteiger partial charge in [0.15, 0.2) is 0 Å². The van der Waals surface area contributed by atoms with E-state index in [1.54, 1.807) is 17.1 Å². The summed E-state index contributed by atoms with van der Waals surface area (Å²) < 4.78 is 7.38. The van der Waals surface area contributed by atoms with E-state index < -0.39 is 0 Å². The zero-order valence-corrected chi connectivity index (χ0v) is 13.8. The number of ether oxygens (including phenoxy) is 1. The second kappa shape index (κ2) is 7.92. The number of nitrogens with zero attached hydrogens (tertiary/aromatic N) is 3. The van der Waals surface area contributed by atoms with Crippen LogP contribution in [-0.2, 0) is 11.3 Å². The fourth-order valence-electron chi connectivity index (χ4n) is 2.20. The summed E-state index contributed by atoms with van der Waals surface area (Å²) in [5, 5.41) is 8.04. The van der Waals surface area contributed by atoms with Gasteiger partial charge in [-0.1, -0.05) is 30.3 Å². The molecule has 0 spiro atoms. The number of carbonyl (C=O) groups excluding carboxylic acids is 1. The van der Waals surface area contributed by atoms with Crippen molar-refractivity contribution in [3.8, 4) is 11.5 Å². The van der Waals surface area contributed by atoms with Crippen LogP contribution < -0.4 is 10.2 Å². The maximum Gasteiger partial charge on any atom is 0.261 e. The third-order valence-electron chi connectivity index (χ3n) is 3.46. The summed E-state index contributed by atoms with van der Waals surface area (Å²) in [6.07, 6.45) is 3.23. The number of rotatable bonds is 6. The predicted molar refractivity (Wildman–Crippen MR) is 95.7 cm³/mol. The number of hydrogen-bond acceptors (Lipinski definition) is 4. The molecular formula is C19H18N4O2. The molecule has 0 aliphatic rings. The van der Waals surface area contributed by atoms with Crippen molar-refractivity contribution >= 4 is 12.1 Å². The zero-order valence-electron chi connectivity index (χ0n) is 13.8. The molecule has 0 unspecified atom stereocenters. The second-order valence-electron chi connectivity index (χ2n) is 5.41. The van der Waals surface area contributed by atoms with Crippen LogP contribution in [0, 0.1) is 6.92 Å². The Labute approximate surface area is 145 Å². The van der Waals surface area contributed by atoms with E-state index in [1.807, 2.05) is 67.6 Å². The lowest BCUT2D eigenvalue weighted by Gasteiger charge is -2.06. The van der Waals surface area contributed by atoms with Crippen molar-refractivity contribution in [3.05, 3.63) is 78.1 Å². The van der Waals surface area contributed by atoms with E-state index >= 15 is 0 Å². The van der Waals surface area contributed by atoms with Crippen molar-refractivity contribution in [2.75, 3.05) is 0 Å². The van der Waals surface area contributed by atoms with E-state index in [4.69, 9.17) is 4.74 Å². The smallest absolute Gasteiger partial charge is 0.261 e. The summed E-state index contributed by atoms with van der Waals surface area (Å²) in [5.41, 5.74) is 4.24. The Balaban J connectivity index is 1.57. The van der Waals surface area contributed by atoms with Gasteiger partial charge in [-0.25, -0.2) is 5.43 Å². The van der Waals surface area contributed by atoms with Gasteiger partial charge >= 0.3 is 0 Å². The van der Waals surface area contributed by atoms with Crippen LogP contribution in [-0.4, -0.2) is 21.9 Å². The Kier molecular flexibility index (Phi) is 5.21. The maximum atomic E-state index is 11.9. The minimum Gasteiger partial charge on any atom is -0.457 e. The first-order valence-electron chi connectivity index (χ1n) is 7.84. The van der Waals surface area contributed by atoms with Crippen molar-refractivity contribution in [3.63, 3.8) is 0 Å². The van der Waals surface area contributed by atoms with Crippen molar-refractivity contribution in [2.45, 2.75) is 13.5 Å². The van der Waals surface area contributed by atoms with Gasteiger partial charge in [-0.05, 0) is 42.8 Å². The molecule has 6 heteroatoms. The molecule has 0 aliphatic carbocycles. The van der Waals surface area contributed by atoms with Crippen LogP contribution in [0.1, 0.15) is 11.3 Å². The number of carbonyl (C=O) groups is 1. The van der Waals surface area contributed by atoms with Gasteiger partial charge in [-0.3, -0.25) is 9.48 Å². The van der Waals surface area contributed by atoms with Crippen LogP contribution in [0.4, 0.5) is 0 Å². The molecule has 0 saturated carbocycles. The average molecular weight is 334 g/mol. The van der Waals surface area contributed by atoms with E-state index in [2.05, 4.69) is 15.6 Å². The molecule has 0 atom stereocenters. The minimum absolute atomic E-state index is 0.132. The molecule has 0 saturated heterocycles. The number of hydrazone groups is 1. The third-order valence-corrected chi connectivity index (χ3v) is 3.46. The third kappa shape index (κ3) is 4.78. The monoisotopic (exact) mass is 334 g/mol. The Bertz CT molecular complexity index is 872. The SMILES string of the molecule is Cc1ccnn1CC(=O)NN=Cc1cccc(Oc2ccccc2)c1. The lowest BCUT2D eigenvalue weighted by molar-refractivity contribution is -0.121. The summed E-state index contributed by atoms with van der Waals surface area (Å²) in [4.78, 5) is 11.9. The molecule has 3 aromatic rings. The van der Waals surface area contributed by atoms with E-state index in [9.17, 15) is 4.79 Å². The highest BCUT2D eigenvalue weighted by atomic mass is 16.5. The van der Waals surface area contributed by atoms with Gasteiger partial charge < -0.3 is 4.74 Å². The molecule has 6 nitrogen and oxygen atoms in total. The molecule has 2 aromatic carbocycles. The van der Waals surface area contributed by atoms with Crippen LogP contribution in [0.2, 0.25) is 0 Å². The topological polar surface area (TPSA) is 68.5 Å². The average Bonchev–Trinajstić information content (AvgIpc) is 3.01. The Morgan fingerprint density at radius 2 is 1.96 bits per heavy atom. The van der Waals surface area contributed by atoms with Gasteiger partial charge in [0.05, 0.1) is 6.21 Å². The lowest BCUT2D eigenvalue weighted by Crippen LogP contribution is -2.24. The molecule has 1 amide bonds. The van der Waals surface area contributed by atoms with E-state index in [0.29, 0.717) is 5.75 Å². The molecule has 0 radical (unpaired) electrons. The Hall–Kier alpha value is -3.41. The van der Waals surface area contributed by atoms with Crippen molar-refractivity contribution in [1.82, 2.24) is 15.2 Å². The summed E-state index contributed by atoms with van der Waals surface area (Å²) in [5.74, 6) is 1.23. The number of hydrogen-bond donors (Lipinski definition) is 1. The Morgan fingerprint density at radius 3 is 2.72 bits per heavy atom. The van der Waals surface area contributed by atoms with Crippen LogP contribution in [0.25, 0.3) is 0 Å². The standard InChI is InChI=1S/C19H18N4O2/c1-15-10-11-21-23(15)14-19(24)22-20-13-16-6-5-9-18(12-16)25-17-7-3-2-4-8-17/h2-13H,14H2,1H3,(H,22,24). The zero-order chi connectivity index (χ0) is 17.5. The summed E-state index contributed by atoms with van der Waals surface area (Å²) in [6, 6.07) is 18.8. The quantitative estimate of drug-likeness (QED) is 0.556. The number of para-hydroxylation sites is 1. The largest absolute Gasteiger partial charge is 0.457 e. The van der Waals surface area contributed by atoms with Crippen molar-refractivity contribution in [2.24, 2.45) is 5.10 Å². The highest BCUT2D eigenvalue weighted by Crippen LogP contribution is 2.21. The molecule has 1 aromatic heterocycles. The normalized spacial score (nSPS) is 10.8. The highest BCUT2D eigenvalue weighted by Gasteiger charge is 2.03. The summed E-state index contributed by atoms with van der Waals surface area (Å²) >= 11 is 0. The first kappa shape index (κ1) is 16.4. The van der Waals surface area contributed by atoms with E-state index in [-0.39, 0.29) is 12.5 Å². The number of aromatic nitrogens is 2. The first-order valence-corrected chi connectivity index (χ1v) is 7.84. The van der Waals surface area contributed by atoms with Crippen LogP contribution in [0.15, 0.2) is 72.0 Å². The van der Waals surface area contributed by atoms with Gasteiger partial charge in [0.25, 0.3) is 5.91 Å². The first-order chi connectivity index (χ1) is 12.2. The van der Waals surface area contributed by atoms with E-state index in [0.717, 1.165) is 17.0 Å². The molecule has 25 heavy (non-hydrogen) atoms. The minimum atomic E-state index is -0.236. The number of benzene rings is 2. The second-order valence-corrected chi connectivity index (χ2v) is 5.41. The van der Waals surface area contributed by atoms with Crippen LogP contribution >= 0.6 is 0 Å². The summed E-state index contributed by atoms with van der Waals surface area (Å²) in [7, 11) is 0. The fourth-order valence-corrected chi connectivity index (χ4v) is 2.20. The number of aryl methyl sites for hydroxylation is 1. The van der Waals surface area contributed by atoms with Crippen molar-refractivity contribution < 1.29 is 9.53 Å². The number of amides is 1. The molecule has 3 rings (SSSR count). The van der Waals surface area contributed by atoms with Gasteiger partial charge in [-0.2, -0.15) is 10.2 Å². The van der Waals surface area contributed by atoms with Crippen LogP contribution in [0.5, 0.6) is 11.5 Å². The fraction of sp³-hybridized carbons (Fsp3) is 0.105. The molecule has 1 heterocycles. The van der Waals surface area contributed by atoms with Gasteiger partial charge in [-0.15, -0.1) is 0 Å². The summed E-state index contributed by atoms with van der Waals surface area (Å²) in [6.45, 7) is 2.02. The van der Waals surface area contributed by atoms with Crippen LogP contribution in [0.3, 0.4) is 0 Å². The molecule has 0 aliphatic heterocycles. The molecular weight excluding hydrogens is 316 g/mol. The predicted octanol–water partition coefficient (Wildman–Crippen LogP) is 3.13. The maximum absolute atomic E-state index is 11.9. The van der Waals surface area contributed by atoms with Gasteiger partial charge in [0.2, 0.25) is 0 Å². The Morgan fingerprint density at radius 1 is 1.16 bits per heavy atom. The molecule has 0 fully saturated rings. The molecule has 126 valence electrons. The number of nitrogens with one attached hydrogen (secondary N) is 1.